The molecule has 4 heteroatoms. The Hall–Kier alpha value is -2.33. The van der Waals surface area contributed by atoms with E-state index in [0.29, 0.717) is 6.61 Å². The van der Waals surface area contributed by atoms with Gasteiger partial charge in [0.05, 0.1) is 5.41 Å². The lowest BCUT2D eigenvalue weighted by Crippen LogP contribution is -2.47. The molecule has 148 valence electrons. The highest BCUT2D eigenvalue weighted by Crippen LogP contribution is 2.42. The predicted octanol–water partition coefficient (Wildman–Crippen LogP) is 3.86. The molecular weight excluding hydrogens is 348 g/mol. The van der Waals surface area contributed by atoms with Crippen LogP contribution in [0.4, 0.5) is 5.69 Å². The van der Waals surface area contributed by atoms with Crippen molar-refractivity contribution in [2.45, 2.75) is 31.1 Å². The molecule has 4 rings (SSSR count). The summed E-state index contributed by atoms with van der Waals surface area (Å²) in [5.41, 5.74) is 1.99. The number of esters is 1. The van der Waals surface area contributed by atoms with Crippen molar-refractivity contribution in [1.29, 1.82) is 0 Å². The molecule has 2 aromatic rings. The minimum atomic E-state index is -0.423. The molecule has 1 heterocycles. The summed E-state index contributed by atoms with van der Waals surface area (Å²) in [5, 5.41) is 0. The molecule has 1 saturated carbocycles. The number of rotatable bonds is 6. The molecule has 2 aliphatic rings. The van der Waals surface area contributed by atoms with E-state index < -0.39 is 5.41 Å². The van der Waals surface area contributed by atoms with Crippen LogP contribution in [0.3, 0.4) is 0 Å². The largest absolute Gasteiger partial charge is 0.464 e. The number of carbonyl (C=O) groups is 1. The molecule has 0 spiro atoms. The van der Waals surface area contributed by atoms with Gasteiger partial charge in [0.15, 0.2) is 0 Å². The predicted molar refractivity (Wildman–Crippen MR) is 113 cm³/mol. The first-order valence-electron chi connectivity index (χ1n) is 10.5. The van der Waals surface area contributed by atoms with Gasteiger partial charge < -0.3 is 9.64 Å². The maximum atomic E-state index is 13.0. The number of carbonyl (C=O) groups excluding carboxylic acids is 1. The number of piperazine rings is 1. The summed E-state index contributed by atoms with van der Waals surface area (Å²) in [6.07, 6.45) is 4.02. The zero-order valence-corrected chi connectivity index (χ0v) is 16.6. The van der Waals surface area contributed by atoms with E-state index in [1.807, 2.05) is 18.2 Å². The second-order valence-electron chi connectivity index (χ2n) is 7.96. The normalized spacial score (nSPS) is 19.5. The molecule has 0 atom stereocenters. The number of ether oxygens (including phenoxy) is 1. The molecule has 0 amide bonds. The fourth-order valence-corrected chi connectivity index (χ4v) is 4.62. The molecule has 0 bridgehead atoms. The molecule has 4 nitrogen and oxygen atoms in total. The van der Waals surface area contributed by atoms with Crippen LogP contribution in [0.5, 0.6) is 0 Å². The van der Waals surface area contributed by atoms with Crippen LogP contribution in [0.15, 0.2) is 60.7 Å². The van der Waals surface area contributed by atoms with Gasteiger partial charge in [-0.3, -0.25) is 9.69 Å². The number of para-hydroxylation sites is 1. The number of hydrogen-bond donors (Lipinski definition) is 0. The number of anilines is 1. The first-order chi connectivity index (χ1) is 13.8. The Morgan fingerprint density at radius 1 is 0.857 bits per heavy atom. The summed E-state index contributed by atoms with van der Waals surface area (Å²) < 4.78 is 5.80. The Bertz CT molecular complexity index is 749. The fourth-order valence-electron chi connectivity index (χ4n) is 4.62. The van der Waals surface area contributed by atoms with Gasteiger partial charge in [0.25, 0.3) is 0 Å². The molecule has 1 aliphatic carbocycles. The Balaban J connectivity index is 1.27. The van der Waals surface area contributed by atoms with Crippen LogP contribution in [0, 0.1) is 0 Å². The second kappa shape index (κ2) is 8.78. The van der Waals surface area contributed by atoms with Crippen LogP contribution in [0.2, 0.25) is 0 Å². The smallest absolute Gasteiger partial charge is 0.316 e. The van der Waals surface area contributed by atoms with Crippen molar-refractivity contribution in [1.82, 2.24) is 4.90 Å². The highest BCUT2D eigenvalue weighted by molar-refractivity contribution is 5.83. The van der Waals surface area contributed by atoms with Crippen LogP contribution in [0.1, 0.15) is 31.2 Å². The van der Waals surface area contributed by atoms with Crippen LogP contribution >= 0.6 is 0 Å². The van der Waals surface area contributed by atoms with E-state index in [4.69, 9.17) is 4.74 Å². The van der Waals surface area contributed by atoms with Gasteiger partial charge in [0.1, 0.15) is 6.61 Å². The quantitative estimate of drug-likeness (QED) is 0.715. The average Bonchev–Trinajstić information content (AvgIpc) is 3.27. The van der Waals surface area contributed by atoms with Crippen molar-refractivity contribution >= 4 is 11.7 Å². The molecule has 2 fully saturated rings. The third-order valence-corrected chi connectivity index (χ3v) is 6.31. The zero-order chi connectivity index (χ0) is 19.2. The lowest BCUT2D eigenvalue weighted by Gasteiger charge is -2.36. The molecular formula is C24H30N2O2. The van der Waals surface area contributed by atoms with Gasteiger partial charge in [0, 0.05) is 38.4 Å². The Morgan fingerprint density at radius 3 is 2.11 bits per heavy atom. The van der Waals surface area contributed by atoms with Gasteiger partial charge in [-0.15, -0.1) is 0 Å². The molecule has 2 aromatic carbocycles. The van der Waals surface area contributed by atoms with Crippen LogP contribution in [-0.4, -0.2) is 50.2 Å². The number of benzene rings is 2. The van der Waals surface area contributed by atoms with E-state index in [9.17, 15) is 4.79 Å². The Kier molecular flexibility index (Phi) is 5.96. The fraction of sp³-hybridized carbons (Fsp3) is 0.458. The summed E-state index contributed by atoms with van der Waals surface area (Å²) in [4.78, 5) is 17.8. The molecule has 1 aliphatic heterocycles. The lowest BCUT2D eigenvalue weighted by atomic mass is 9.79. The molecule has 0 aromatic heterocycles. The number of nitrogens with zero attached hydrogens (tertiary/aromatic N) is 2. The standard InChI is InChI=1S/C24H30N2O2/c27-23(24(13-7-8-14-24)21-9-3-1-4-10-21)28-20-19-25-15-17-26(18-16-25)22-11-5-2-6-12-22/h1-6,9-12H,7-8,13-20H2. The Morgan fingerprint density at radius 2 is 1.46 bits per heavy atom. The average molecular weight is 379 g/mol. The van der Waals surface area contributed by atoms with Gasteiger partial charge >= 0.3 is 5.97 Å². The molecule has 1 saturated heterocycles. The summed E-state index contributed by atoms with van der Waals surface area (Å²) in [5.74, 6) is -0.0286. The molecule has 0 radical (unpaired) electrons. The third kappa shape index (κ3) is 4.07. The minimum absolute atomic E-state index is 0.0286. The highest BCUT2D eigenvalue weighted by atomic mass is 16.5. The second-order valence-corrected chi connectivity index (χ2v) is 7.96. The summed E-state index contributed by atoms with van der Waals surface area (Å²) in [6, 6.07) is 20.8. The van der Waals surface area contributed by atoms with E-state index in [1.54, 1.807) is 0 Å². The monoisotopic (exact) mass is 378 g/mol. The minimum Gasteiger partial charge on any atom is -0.464 e. The number of hydrogen-bond acceptors (Lipinski definition) is 4. The van der Waals surface area contributed by atoms with E-state index in [2.05, 4.69) is 52.3 Å². The SMILES string of the molecule is O=C(OCCN1CCN(c2ccccc2)CC1)C1(c2ccccc2)CCCC1. The first kappa shape index (κ1) is 19.0. The van der Waals surface area contributed by atoms with Crippen molar-refractivity contribution in [3.63, 3.8) is 0 Å². The summed E-state index contributed by atoms with van der Waals surface area (Å²) >= 11 is 0. The van der Waals surface area contributed by atoms with Gasteiger partial charge in [-0.1, -0.05) is 61.4 Å². The van der Waals surface area contributed by atoms with Crippen molar-refractivity contribution in [2.75, 3.05) is 44.2 Å². The van der Waals surface area contributed by atoms with Crippen LogP contribution in [-0.2, 0) is 14.9 Å². The summed E-state index contributed by atoms with van der Waals surface area (Å²) in [7, 11) is 0. The highest BCUT2D eigenvalue weighted by Gasteiger charge is 2.44. The maximum absolute atomic E-state index is 13.0. The van der Waals surface area contributed by atoms with Gasteiger partial charge in [-0.2, -0.15) is 0 Å². The first-order valence-corrected chi connectivity index (χ1v) is 10.5. The lowest BCUT2D eigenvalue weighted by molar-refractivity contribution is -0.151. The third-order valence-electron chi connectivity index (χ3n) is 6.31. The molecule has 0 N–H and O–H groups in total. The van der Waals surface area contributed by atoms with E-state index in [-0.39, 0.29) is 5.97 Å². The Labute approximate surface area is 168 Å². The molecule has 28 heavy (non-hydrogen) atoms. The topological polar surface area (TPSA) is 32.8 Å². The maximum Gasteiger partial charge on any atom is 0.316 e. The summed E-state index contributed by atoms with van der Waals surface area (Å²) in [6.45, 7) is 5.36. The van der Waals surface area contributed by atoms with Crippen molar-refractivity contribution in [2.24, 2.45) is 0 Å². The van der Waals surface area contributed by atoms with E-state index in [1.165, 1.54) is 5.69 Å². The van der Waals surface area contributed by atoms with Gasteiger partial charge in [0.2, 0.25) is 0 Å². The van der Waals surface area contributed by atoms with Crippen LogP contribution < -0.4 is 4.90 Å². The van der Waals surface area contributed by atoms with Crippen molar-refractivity contribution in [3.05, 3.63) is 66.2 Å². The van der Waals surface area contributed by atoms with E-state index >= 15 is 0 Å². The van der Waals surface area contributed by atoms with Crippen LogP contribution in [0.25, 0.3) is 0 Å². The van der Waals surface area contributed by atoms with Crippen molar-refractivity contribution < 1.29 is 9.53 Å². The zero-order valence-electron chi connectivity index (χ0n) is 16.6. The van der Waals surface area contributed by atoms with E-state index in [0.717, 1.165) is 64.0 Å². The van der Waals surface area contributed by atoms with Gasteiger partial charge in [-0.05, 0) is 30.5 Å². The van der Waals surface area contributed by atoms with Crippen molar-refractivity contribution in [3.8, 4) is 0 Å². The van der Waals surface area contributed by atoms with Gasteiger partial charge in [-0.25, -0.2) is 0 Å². The molecule has 0 unspecified atom stereocenters.